The van der Waals surface area contributed by atoms with Crippen LogP contribution in [0.1, 0.15) is 69.9 Å². The molecule has 1 amide bonds. The summed E-state index contributed by atoms with van der Waals surface area (Å²) in [6.07, 6.45) is 6.37. The maximum absolute atomic E-state index is 14.2. The first-order valence-electron chi connectivity index (χ1n) is 14.5. The Morgan fingerprint density at radius 2 is 1.59 bits per heavy atom. The minimum atomic E-state index is -4.13. The van der Waals surface area contributed by atoms with Crippen LogP contribution in [0.25, 0.3) is 0 Å². The van der Waals surface area contributed by atoms with Gasteiger partial charge >= 0.3 is 6.09 Å². The summed E-state index contributed by atoms with van der Waals surface area (Å²) in [6, 6.07) is 7.36. The second-order valence-electron chi connectivity index (χ2n) is 11.7. The van der Waals surface area contributed by atoms with Crippen molar-refractivity contribution >= 4 is 27.7 Å². The van der Waals surface area contributed by atoms with E-state index in [-0.39, 0.29) is 22.6 Å². The van der Waals surface area contributed by atoms with Crippen LogP contribution in [-0.2, 0) is 14.8 Å². The number of piperidine rings is 3. The number of benzene rings is 2. The van der Waals surface area contributed by atoms with E-state index in [4.69, 9.17) is 16.3 Å². The number of likely N-dealkylation sites (tertiary alicyclic amines) is 2. The number of amides is 1. The number of rotatable bonds is 6. The molecular weight excluding hydrogens is 572 g/mol. The standard InChI is InChI=1S/C30H38ClF2N3O4S/c1-30(35-14-3-2-4-15-35)12-16-34(17-13-30)29(37)40-21-26-6-5-7-28(22-18-24(32)20-25(33)19-22)36(26)41(38,39)27-10-8-23(31)9-11-27/h8-11,18-20,26,28H,2-7,12-17,21H2,1H3. The number of carbonyl (C=O) groups is 1. The normalized spacial score (nSPS) is 24.2. The molecule has 3 saturated heterocycles. The molecule has 0 spiro atoms. The SMILES string of the molecule is CC1(N2CCCCC2)CCN(C(=O)OCC2CCCC(c3cc(F)cc(F)c3)N2S(=O)(=O)c2ccc(Cl)cc2)CC1. The van der Waals surface area contributed by atoms with Gasteiger partial charge in [-0.15, -0.1) is 0 Å². The molecule has 0 aliphatic carbocycles. The van der Waals surface area contributed by atoms with E-state index in [1.165, 1.54) is 60.0 Å². The van der Waals surface area contributed by atoms with Crippen LogP contribution in [0.5, 0.6) is 0 Å². The molecule has 0 N–H and O–H groups in total. The van der Waals surface area contributed by atoms with E-state index < -0.39 is 39.8 Å². The van der Waals surface area contributed by atoms with Crippen molar-refractivity contribution in [2.45, 2.75) is 80.8 Å². The number of hydrogen-bond donors (Lipinski definition) is 0. The summed E-state index contributed by atoms with van der Waals surface area (Å²) < 4.78 is 63.4. The van der Waals surface area contributed by atoms with Crippen molar-refractivity contribution in [3.63, 3.8) is 0 Å². The van der Waals surface area contributed by atoms with E-state index in [2.05, 4.69) is 11.8 Å². The lowest BCUT2D eigenvalue weighted by molar-refractivity contribution is 0.0114. The van der Waals surface area contributed by atoms with Crippen molar-refractivity contribution in [1.29, 1.82) is 0 Å². The highest BCUT2D eigenvalue weighted by Crippen LogP contribution is 2.40. The van der Waals surface area contributed by atoms with Crippen molar-refractivity contribution in [3.05, 3.63) is 64.7 Å². The fourth-order valence-electron chi connectivity index (χ4n) is 6.57. The van der Waals surface area contributed by atoms with Gasteiger partial charge in [-0.3, -0.25) is 4.90 Å². The fraction of sp³-hybridized carbons (Fsp3) is 0.567. The summed E-state index contributed by atoms with van der Waals surface area (Å²) in [5, 5.41) is 0.384. The van der Waals surface area contributed by atoms with E-state index >= 15 is 0 Å². The molecule has 5 rings (SSSR count). The van der Waals surface area contributed by atoms with Gasteiger partial charge in [-0.05, 0) is 107 Å². The Kier molecular flexibility index (Phi) is 9.23. The van der Waals surface area contributed by atoms with Gasteiger partial charge in [0.05, 0.1) is 17.0 Å². The van der Waals surface area contributed by atoms with Crippen molar-refractivity contribution < 1.29 is 26.7 Å². The molecule has 0 bridgehead atoms. The molecule has 41 heavy (non-hydrogen) atoms. The maximum Gasteiger partial charge on any atom is 0.409 e. The minimum Gasteiger partial charge on any atom is -0.448 e. The molecule has 3 aliphatic rings. The van der Waals surface area contributed by atoms with Gasteiger partial charge < -0.3 is 9.64 Å². The van der Waals surface area contributed by atoms with Gasteiger partial charge in [0.15, 0.2) is 0 Å². The monoisotopic (exact) mass is 609 g/mol. The number of nitrogens with zero attached hydrogens (tertiary/aromatic N) is 3. The van der Waals surface area contributed by atoms with Crippen LogP contribution >= 0.6 is 11.6 Å². The summed E-state index contributed by atoms with van der Waals surface area (Å²) in [7, 11) is -4.13. The van der Waals surface area contributed by atoms with Gasteiger partial charge in [0, 0.05) is 29.7 Å². The van der Waals surface area contributed by atoms with E-state index in [1.807, 2.05) is 0 Å². The molecular formula is C30H38ClF2N3O4S. The quantitative estimate of drug-likeness (QED) is 0.380. The van der Waals surface area contributed by atoms with E-state index in [0.29, 0.717) is 37.4 Å². The molecule has 11 heteroatoms. The number of ether oxygens (including phenoxy) is 1. The Bertz CT molecular complexity index is 1310. The summed E-state index contributed by atoms with van der Waals surface area (Å²) in [5.74, 6) is -1.56. The lowest BCUT2D eigenvalue weighted by atomic mass is 9.86. The minimum absolute atomic E-state index is 0.00929. The lowest BCUT2D eigenvalue weighted by Gasteiger charge is -2.48. The van der Waals surface area contributed by atoms with Crippen LogP contribution < -0.4 is 0 Å². The second kappa shape index (κ2) is 12.5. The Morgan fingerprint density at radius 1 is 0.951 bits per heavy atom. The highest BCUT2D eigenvalue weighted by atomic mass is 35.5. The third kappa shape index (κ3) is 6.71. The summed E-state index contributed by atoms with van der Waals surface area (Å²) in [6.45, 7) is 5.47. The van der Waals surface area contributed by atoms with Crippen LogP contribution in [0.3, 0.4) is 0 Å². The van der Waals surface area contributed by atoms with Crippen molar-refractivity contribution in [2.75, 3.05) is 32.8 Å². The van der Waals surface area contributed by atoms with E-state index in [0.717, 1.165) is 32.0 Å². The number of sulfonamides is 1. The molecule has 7 nitrogen and oxygen atoms in total. The molecule has 0 radical (unpaired) electrons. The molecule has 0 saturated carbocycles. The molecule has 2 atom stereocenters. The molecule has 3 heterocycles. The molecule has 0 aromatic heterocycles. The van der Waals surface area contributed by atoms with Gasteiger partial charge in [0.2, 0.25) is 10.0 Å². The highest BCUT2D eigenvalue weighted by molar-refractivity contribution is 7.89. The number of hydrogen-bond acceptors (Lipinski definition) is 5. The summed E-state index contributed by atoms with van der Waals surface area (Å²) in [5.41, 5.74) is 0.293. The largest absolute Gasteiger partial charge is 0.448 e. The van der Waals surface area contributed by atoms with Gasteiger partial charge in [-0.25, -0.2) is 22.0 Å². The Hall–Kier alpha value is -2.27. The van der Waals surface area contributed by atoms with Crippen molar-refractivity contribution in [1.82, 2.24) is 14.1 Å². The number of halogens is 3. The average molecular weight is 610 g/mol. The zero-order chi connectivity index (χ0) is 29.2. The van der Waals surface area contributed by atoms with Crippen molar-refractivity contribution in [3.8, 4) is 0 Å². The molecule has 2 aromatic carbocycles. The first-order valence-corrected chi connectivity index (χ1v) is 16.3. The molecule has 224 valence electrons. The van der Waals surface area contributed by atoms with Crippen LogP contribution in [-0.4, -0.2) is 73.0 Å². The third-order valence-electron chi connectivity index (χ3n) is 8.96. The molecule has 2 unspecified atom stereocenters. The summed E-state index contributed by atoms with van der Waals surface area (Å²) in [4.78, 5) is 17.4. The van der Waals surface area contributed by atoms with Crippen molar-refractivity contribution in [2.24, 2.45) is 0 Å². The predicted octanol–water partition coefficient (Wildman–Crippen LogP) is 6.38. The lowest BCUT2D eigenvalue weighted by Crippen LogP contribution is -2.56. The first kappa shape index (κ1) is 30.2. The molecule has 2 aromatic rings. The van der Waals surface area contributed by atoms with Gasteiger partial charge in [0.25, 0.3) is 0 Å². The Balaban J connectivity index is 1.32. The second-order valence-corrected chi connectivity index (χ2v) is 14.0. The van der Waals surface area contributed by atoms with E-state index in [9.17, 15) is 22.0 Å². The van der Waals surface area contributed by atoms with Gasteiger partial charge in [0.1, 0.15) is 18.2 Å². The Labute approximate surface area is 246 Å². The van der Waals surface area contributed by atoms with Gasteiger partial charge in [-0.1, -0.05) is 18.0 Å². The topological polar surface area (TPSA) is 70.2 Å². The van der Waals surface area contributed by atoms with E-state index in [1.54, 1.807) is 4.90 Å². The van der Waals surface area contributed by atoms with Crippen LogP contribution in [0.15, 0.2) is 47.4 Å². The zero-order valence-corrected chi connectivity index (χ0v) is 25.0. The fourth-order valence-corrected chi connectivity index (χ4v) is 8.54. The third-order valence-corrected chi connectivity index (χ3v) is 11.2. The van der Waals surface area contributed by atoms with Crippen LogP contribution in [0.4, 0.5) is 13.6 Å². The Morgan fingerprint density at radius 3 is 2.22 bits per heavy atom. The number of carbonyl (C=O) groups excluding carboxylic acids is 1. The maximum atomic E-state index is 14.2. The molecule has 3 fully saturated rings. The van der Waals surface area contributed by atoms with Crippen LogP contribution in [0, 0.1) is 11.6 Å². The summed E-state index contributed by atoms with van der Waals surface area (Å²) >= 11 is 6.00. The average Bonchev–Trinajstić information content (AvgIpc) is 2.96. The molecule has 3 aliphatic heterocycles. The zero-order valence-electron chi connectivity index (χ0n) is 23.4. The smallest absolute Gasteiger partial charge is 0.409 e. The van der Waals surface area contributed by atoms with Gasteiger partial charge in [-0.2, -0.15) is 4.31 Å². The highest BCUT2D eigenvalue weighted by Gasteiger charge is 2.42. The first-order chi connectivity index (χ1) is 19.6. The predicted molar refractivity (Wildman–Crippen MR) is 153 cm³/mol. The van der Waals surface area contributed by atoms with Crippen LogP contribution in [0.2, 0.25) is 5.02 Å².